The summed E-state index contributed by atoms with van der Waals surface area (Å²) in [5.41, 5.74) is 1.39. The van der Waals surface area contributed by atoms with E-state index in [-0.39, 0.29) is 5.75 Å². The number of likely N-dealkylation sites (tertiary alicyclic amines) is 1. The molecule has 0 radical (unpaired) electrons. The third-order valence-corrected chi connectivity index (χ3v) is 3.97. The van der Waals surface area contributed by atoms with Gasteiger partial charge in [-0.1, -0.05) is 37.6 Å². The monoisotopic (exact) mass is 253 g/mol. The Morgan fingerprint density at radius 2 is 2.18 bits per heavy atom. The summed E-state index contributed by atoms with van der Waals surface area (Å²) >= 11 is 6.11. The van der Waals surface area contributed by atoms with Crippen LogP contribution in [0, 0.1) is 5.41 Å². The van der Waals surface area contributed by atoms with Crippen LogP contribution < -0.4 is 0 Å². The number of benzene rings is 1. The lowest BCUT2D eigenvalue weighted by atomic mass is 9.91. The minimum absolute atomic E-state index is 0.176. The molecule has 0 aromatic heterocycles. The van der Waals surface area contributed by atoms with Crippen LogP contribution in [0.25, 0.3) is 0 Å². The van der Waals surface area contributed by atoms with Gasteiger partial charge in [-0.15, -0.1) is 0 Å². The molecule has 1 N–H and O–H groups in total. The average molecular weight is 254 g/mol. The Morgan fingerprint density at radius 1 is 1.47 bits per heavy atom. The van der Waals surface area contributed by atoms with Crippen molar-refractivity contribution in [2.75, 3.05) is 6.54 Å². The van der Waals surface area contributed by atoms with E-state index >= 15 is 0 Å². The molecule has 1 unspecified atom stereocenters. The number of aromatic hydroxyl groups is 1. The molecule has 0 saturated carbocycles. The van der Waals surface area contributed by atoms with Crippen molar-refractivity contribution < 1.29 is 5.11 Å². The maximum absolute atomic E-state index is 9.59. The molecule has 0 amide bonds. The summed E-state index contributed by atoms with van der Waals surface area (Å²) in [4.78, 5) is 2.43. The van der Waals surface area contributed by atoms with E-state index < -0.39 is 0 Å². The van der Waals surface area contributed by atoms with Gasteiger partial charge in [0, 0.05) is 19.1 Å². The Bertz CT molecular complexity index is 417. The maximum atomic E-state index is 9.59. The van der Waals surface area contributed by atoms with Crippen molar-refractivity contribution in [3.05, 3.63) is 28.8 Å². The Labute approximate surface area is 108 Å². The summed E-state index contributed by atoms with van der Waals surface area (Å²) in [7, 11) is 0. The molecule has 1 fully saturated rings. The lowest BCUT2D eigenvalue weighted by Gasteiger charge is -2.22. The number of hydrogen-bond acceptors (Lipinski definition) is 2. The van der Waals surface area contributed by atoms with Crippen LogP contribution in [0.1, 0.15) is 32.8 Å². The van der Waals surface area contributed by atoms with Gasteiger partial charge in [-0.25, -0.2) is 0 Å². The first-order valence-corrected chi connectivity index (χ1v) is 6.47. The SMILES string of the molecule is CC1CC(C)(C)CN1Cc1cccc(O)c1Cl. The maximum Gasteiger partial charge on any atom is 0.134 e. The number of halogens is 1. The fourth-order valence-electron chi connectivity index (χ4n) is 2.82. The fourth-order valence-corrected chi connectivity index (χ4v) is 3.00. The van der Waals surface area contributed by atoms with E-state index in [0.717, 1.165) is 18.7 Å². The van der Waals surface area contributed by atoms with Crippen LogP contribution in [0.2, 0.25) is 5.02 Å². The van der Waals surface area contributed by atoms with Crippen molar-refractivity contribution in [1.82, 2.24) is 4.90 Å². The first kappa shape index (κ1) is 12.7. The van der Waals surface area contributed by atoms with Gasteiger partial charge in [0.25, 0.3) is 0 Å². The summed E-state index contributed by atoms with van der Waals surface area (Å²) in [6.45, 7) is 8.75. The molecule has 1 aliphatic rings. The normalized spacial score (nSPS) is 24.1. The van der Waals surface area contributed by atoms with Crippen molar-refractivity contribution >= 4 is 11.6 Å². The molecule has 0 spiro atoms. The zero-order valence-electron chi connectivity index (χ0n) is 10.7. The Kier molecular flexibility index (Phi) is 3.37. The predicted molar refractivity (Wildman–Crippen MR) is 71.4 cm³/mol. The number of hydrogen-bond donors (Lipinski definition) is 1. The van der Waals surface area contributed by atoms with E-state index in [4.69, 9.17) is 11.6 Å². The highest BCUT2D eigenvalue weighted by molar-refractivity contribution is 6.32. The highest BCUT2D eigenvalue weighted by atomic mass is 35.5. The predicted octanol–water partition coefficient (Wildman–Crippen LogP) is 3.67. The first-order valence-electron chi connectivity index (χ1n) is 6.09. The lowest BCUT2D eigenvalue weighted by molar-refractivity contribution is 0.244. The molecule has 1 heterocycles. The van der Waals surface area contributed by atoms with Crippen molar-refractivity contribution in [3.8, 4) is 5.75 Å². The summed E-state index contributed by atoms with van der Waals surface area (Å²) in [6, 6.07) is 6.04. The van der Waals surface area contributed by atoms with Crippen LogP contribution in [-0.2, 0) is 6.54 Å². The zero-order valence-corrected chi connectivity index (χ0v) is 11.5. The molecule has 1 saturated heterocycles. The molecule has 94 valence electrons. The fraction of sp³-hybridized carbons (Fsp3) is 0.571. The molecule has 17 heavy (non-hydrogen) atoms. The quantitative estimate of drug-likeness (QED) is 0.870. The Hall–Kier alpha value is -0.730. The highest BCUT2D eigenvalue weighted by Gasteiger charge is 2.34. The molecule has 2 nitrogen and oxygen atoms in total. The molecule has 2 rings (SSSR count). The topological polar surface area (TPSA) is 23.5 Å². The number of phenols is 1. The van der Waals surface area contributed by atoms with E-state index in [0.29, 0.717) is 16.5 Å². The molecular weight excluding hydrogens is 234 g/mol. The lowest BCUT2D eigenvalue weighted by Crippen LogP contribution is -2.27. The van der Waals surface area contributed by atoms with Gasteiger partial charge in [-0.05, 0) is 30.4 Å². The van der Waals surface area contributed by atoms with Crippen LogP contribution >= 0.6 is 11.6 Å². The standard InChI is InChI=1S/C14H20ClNO/c1-10-7-14(2,3)9-16(10)8-11-5-4-6-12(17)13(11)15/h4-6,10,17H,7-9H2,1-3H3. The second-order valence-electron chi connectivity index (χ2n) is 5.87. The number of rotatable bonds is 2. The molecule has 1 aromatic rings. The highest BCUT2D eigenvalue weighted by Crippen LogP contribution is 2.36. The smallest absolute Gasteiger partial charge is 0.134 e. The van der Waals surface area contributed by atoms with Gasteiger partial charge in [-0.2, -0.15) is 0 Å². The average Bonchev–Trinajstić information content (AvgIpc) is 2.47. The largest absolute Gasteiger partial charge is 0.506 e. The van der Waals surface area contributed by atoms with Crippen LogP contribution in [0.5, 0.6) is 5.75 Å². The van der Waals surface area contributed by atoms with Crippen LogP contribution in [0.3, 0.4) is 0 Å². The minimum Gasteiger partial charge on any atom is -0.506 e. The molecule has 0 aliphatic carbocycles. The van der Waals surface area contributed by atoms with Gasteiger partial charge in [0.15, 0.2) is 0 Å². The molecule has 1 aromatic carbocycles. The third-order valence-electron chi connectivity index (χ3n) is 3.53. The Balaban J connectivity index is 2.14. The van der Waals surface area contributed by atoms with Crippen molar-refractivity contribution in [2.24, 2.45) is 5.41 Å². The zero-order chi connectivity index (χ0) is 12.6. The first-order chi connectivity index (χ1) is 7.89. The molecular formula is C14H20ClNO. The molecule has 3 heteroatoms. The number of nitrogens with zero attached hydrogens (tertiary/aromatic N) is 1. The minimum atomic E-state index is 0.176. The van der Waals surface area contributed by atoms with Crippen LogP contribution in [-0.4, -0.2) is 22.6 Å². The van der Waals surface area contributed by atoms with E-state index in [9.17, 15) is 5.11 Å². The van der Waals surface area contributed by atoms with E-state index in [1.807, 2.05) is 12.1 Å². The van der Waals surface area contributed by atoms with E-state index in [1.165, 1.54) is 6.42 Å². The van der Waals surface area contributed by atoms with Crippen LogP contribution in [0.4, 0.5) is 0 Å². The van der Waals surface area contributed by atoms with E-state index in [2.05, 4.69) is 25.7 Å². The molecule has 0 bridgehead atoms. The van der Waals surface area contributed by atoms with Crippen molar-refractivity contribution in [2.45, 2.75) is 39.8 Å². The Morgan fingerprint density at radius 3 is 2.76 bits per heavy atom. The van der Waals surface area contributed by atoms with Gasteiger partial charge in [-0.3, -0.25) is 4.90 Å². The summed E-state index contributed by atoms with van der Waals surface area (Å²) in [5.74, 6) is 0.176. The number of phenolic OH excluding ortho intramolecular Hbond substituents is 1. The summed E-state index contributed by atoms with van der Waals surface area (Å²) in [6.07, 6.45) is 1.21. The van der Waals surface area contributed by atoms with Gasteiger partial charge in [0.2, 0.25) is 0 Å². The van der Waals surface area contributed by atoms with E-state index in [1.54, 1.807) is 6.07 Å². The van der Waals surface area contributed by atoms with Gasteiger partial charge in [0.1, 0.15) is 5.75 Å². The summed E-state index contributed by atoms with van der Waals surface area (Å²) in [5, 5.41) is 10.1. The van der Waals surface area contributed by atoms with Gasteiger partial charge >= 0.3 is 0 Å². The van der Waals surface area contributed by atoms with Crippen LogP contribution in [0.15, 0.2) is 18.2 Å². The second kappa shape index (κ2) is 4.51. The molecule has 1 atom stereocenters. The molecule has 1 aliphatic heterocycles. The van der Waals surface area contributed by atoms with Crippen molar-refractivity contribution in [3.63, 3.8) is 0 Å². The van der Waals surface area contributed by atoms with Gasteiger partial charge < -0.3 is 5.11 Å². The van der Waals surface area contributed by atoms with Gasteiger partial charge in [0.05, 0.1) is 5.02 Å². The van der Waals surface area contributed by atoms with Crippen molar-refractivity contribution in [1.29, 1.82) is 0 Å². The summed E-state index contributed by atoms with van der Waals surface area (Å²) < 4.78 is 0. The third kappa shape index (κ3) is 2.75. The second-order valence-corrected chi connectivity index (χ2v) is 6.25.